The molecule has 11 rings (SSSR count). The van der Waals surface area contributed by atoms with E-state index in [1.54, 1.807) is 0 Å². The summed E-state index contributed by atoms with van der Waals surface area (Å²) in [6.07, 6.45) is 8.73. The highest BCUT2D eigenvalue weighted by Crippen LogP contribution is 2.37. The molecule has 0 spiro atoms. The molecule has 0 radical (unpaired) electrons. The maximum Gasteiger partial charge on any atom is 0.135 e. The maximum absolute atomic E-state index is 6.35. The van der Waals surface area contributed by atoms with E-state index < -0.39 is 0 Å². The second-order valence-electron chi connectivity index (χ2n) is 14.3. The van der Waals surface area contributed by atoms with Crippen LogP contribution in [0.25, 0.3) is 99.3 Å². The minimum Gasteiger partial charge on any atom is -0.456 e. The molecule has 0 bridgehead atoms. The van der Waals surface area contributed by atoms with Crippen molar-refractivity contribution in [1.29, 1.82) is 0 Å². The Kier molecular flexibility index (Phi) is 6.83. The number of allylic oxidation sites excluding steroid dienone is 4. The molecule has 2 atom stereocenters. The summed E-state index contributed by atoms with van der Waals surface area (Å²) in [5.74, 6) is 0.630. The first-order chi connectivity index (χ1) is 26.6. The molecule has 2 unspecified atom stereocenters. The molecule has 0 N–H and O–H groups in total. The first-order valence-electron chi connectivity index (χ1n) is 18.4. The number of rotatable bonds is 4. The highest BCUT2D eigenvalue weighted by atomic mass is 16.3. The van der Waals surface area contributed by atoms with Gasteiger partial charge in [-0.2, -0.15) is 0 Å². The lowest BCUT2D eigenvalue weighted by Gasteiger charge is -2.20. The van der Waals surface area contributed by atoms with Crippen molar-refractivity contribution in [2.75, 3.05) is 0 Å². The average molecular weight is 693 g/mol. The highest BCUT2D eigenvalue weighted by molar-refractivity contribution is 6.09. The molecule has 10 aromatic rings. The summed E-state index contributed by atoms with van der Waals surface area (Å²) in [4.78, 5) is 20.8. The summed E-state index contributed by atoms with van der Waals surface area (Å²) in [5.41, 5.74) is 12.2. The Morgan fingerprint density at radius 1 is 0.426 bits per heavy atom. The first-order valence-corrected chi connectivity index (χ1v) is 18.4. The average Bonchev–Trinajstić information content (AvgIpc) is 3.60. The van der Waals surface area contributed by atoms with Gasteiger partial charge in [-0.05, 0) is 66.6 Å². The largest absolute Gasteiger partial charge is 0.456 e. The molecule has 0 saturated heterocycles. The van der Waals surface area contributed by atoms with E-state index in [4.69, 9.17) is 24.4 Å². The van der Waals surface area contributed by atoms with Crippen molar-refractivity contribution in [3.63, 3.8) is 0 Å². The smallest absolute Gasteiger partial charge is 0.135 e. The molecule has 1 aliphatic rings. The van der Waals surface area contributed by atoms with Crippen LogP contribution in [0.2, 0.25) is 0 Å². The van der Waals surface area contributed by atoms with Crippen LogP contribution >= 0.6 is 0 Å². The first kappa shape index (κ1) is 30.6. The van der Waals surface area contributed by atoms with Gasteiger partial charge in [0.15, 0.2) is 0 Å². The number of furan rings is 1. The van der Waals surface area contributed by atoms with Gasteiger partial charge in [-0.3, -0.25) is 0 Å². The predicted molar refractivity (Wildman–Crippen MR) is 221 cm³/mol. The van der Waals surface area contributed by atoms with E-state index in [1.165, 1.54) is 0 Å². The number of hydrogen-bond donors (Lipinski definition) is 0. The summed E-state index contributed by atoms with van der Waals surface area (Å²) < 4.78 is 6.35. The number of hydrogen-bond acceptors (Lipinski definition) is 5. The molecule has 0 aliphatic heterocycles. The zero-order valence-electron chi connectivity index (χ0n) is 29.4. The molecular weight excluding hydrogens is 661 g/mol. The second kappa shape index (κ2) is 12.0. The van der Waals surface area contributed by atoms with E-state index in [9.17, 15) is 0 Å². The van der Waals surface area contributed by atoms with Crippen LogP contribution in [-0.4, -0.2) is 19.9 Å². The fourth-order valence-electron chi connectivity index (χ4n) is 8.01. The van der Waals surface area contributed by atoms with Crippen molar-refractivity contribution in [3.8, 4) is 33.8 Å². The van der Waals surface area contributed by atoms with Gasteiger partial charge in [0.2, 0.25) is 0 Å². The monoisotopic (exact) mass is 692 g/mol. The third-order valence-electron chi connectivity index (χ3n) is 10.9. The fraction of sp³-hybridized carbons (Fsp3) is 0.0612. The van der Waals surface area contributed by atoms with Crippen molar-refractivity contribution in [2.45, 2.75) is 12.8 Å². The van der Waals surface area contributed by atoms with Gasteiger partial charge in [-0.15, -0.1) is 0 Å². The van der Waals surface area contributed by atoms with E-state index in [0.29, 0.717) is 5.92 Å². The van der Waals surface area contributed by atoms with Crippen molar-refractivity contribution in [2.24, 2.45) is 5.92 Å². The predicted octanol–water partition coefficient (Wildman–Crippen LogP) is 12.6. The second-order valence-corrected chi connectivity index (χ2v) is 14.3. The van der Waals surface area contributed by atoms with Crippen LogP contribution in [0, 0.1) is 5.92 Å². The van der Waals surface area contributed by atoms with Gasteiger partial charge < -0.3 is 4.42 Å². The van der Waals surface area contributed by atoms with Crippen molar-refractivity contribution >= 4 is 65.6 Å². The Morgan fingerprint density at radius 2 is 0.889 bits per heavy atom. The molecule has 1 aliphatic carbocycles. The van der Waals surface area contributed by atoms with E-state index >= 15 is 0 Å². The van der Waals surface area contributed by atoms with E-state index in [1.807, 2.05) is 24.3 Å². The Labute approximate surface area is 311 Å². The number of fused-ring (bicyclic) bond motifs is 9. The van der Waals surface area contributed by atoms with E-state index in [0.717, 1.165) is 105 Å². The third-order valence-corrected chi connectivity index (χ3v) is 10.9. The highest BCUT2D eigenvalue weighted by Gasteiger charge is 2.19. The van der Waals surface area contributed by atoms with Crippen LogP contribution in [0.15, 0.2) is 168 Å². The third kappa shape index (κ3) is 5.01. The lowest BCUT2D eigenvalue weighted by atomic mass is 9.87. The van der Waals surface area contributed by atoms with Crippen LogP contribution in [0.1, 0.15) is 18.5 Å². The molecule has 5 heteroatoms. The molecule has 0 saturated carbocycles. The molecule has 5 aromatic carbocycles. The van der Waals surface area contributed by atoms with Gasteiger partial charge in [0.25, 0.3) is 0 Å². The van der Waals surface area contributed by atoms with Crippen LogP contribution in [-0.2, 0) is 0 Å². The van der Waals surface area contributed by atoms with Crippen molar-refractivity contribution in [1.82, 2.24) is 19.9 Å². The molecule has 54 heavy (non-hydrogen) atoms. The molecule has 5 heterocycles. The SMILES string of the molecule is CC1C=CC=CC1c1ccc2ccc3ccc(-c4ccc5oc6ccc(-c7ccc8ccc9ccc(-c%10ccccc%10)nc9c8n7)cc6c5c4)nc3c2n1. The molecule has 5 aromatic heterocycles. The summed E-state index contributed by atoms with van der Waals surface area (Å²) in [6, 6.07) is 48.5. The van der Waals surface area contributed by atoms with Gasteiger partial charge in [0.05, 0.1) is 39.1 Å². The Balaban J connectivity index is 1.01. The van der Waals surface area contributed by atoms with Gasteiger partial charge >= 0.3 is 0 Å². The van der Waals surface area contributed by atoms with Crippen LogP contribution < -0.4 is 0 Å². The van der Waals surface area contributed by atoms with Crippen LogP contribution in [0.3, 0.4) is 0 Å². The molecule has 0 fully saturated rings. The summed E-state index contributed by atoms with van der Waals surface area (Å²) >= 11 is 0. The number of benzene rings is 5. The van der Waals surface area contributed by atoms with E-state index in [-0.39, 0.29) is 5.92 Å². The van der Waals surface area contributed by atoms with Gasteiger partial charge in [0, 0.05) is 60.6 Å². The van der Waals surface area contributed by atoms with E-state index in [2.05, 4.69) is 146 Å². The van der Waals surface area contributed by atoms with Crippen molar-refractivity contribution in [3.05, 3.63) is 170 Å². The molecule has 0 amide bonds. The Hall–Kier alpha value is -6.98. The van der Waals surface area contributed by atoms with Gasteiger partial charge in [-0.1, -0.05) is 110 Å². The zero-order chi connectivity index (χ0) is 35.8. The lowest BCUT2D eigenvalue weighted by molar-refractivity contribution is 0.622. The van der Waals surface area contributed by atoms with Crippen LogP contribution in [0.4, 0.5) is 0 Å². The topological polar surface area (TPSA) is 64.7 Å². The van der Waals surface area contributed by atoms with Gasteiger partial charge in [-0.25, -0.2) is 19.9 Å². The van der Waals surface area contributed by atoms with Crippen LogP contribution in [0.5, 0.6) is 0 Å². The zero-order valence-corrected chi connectivity index (χ0v) is 29.4. The fourth-order valence-corrected chi connectivity index (χ4v) is 8.01. The number of pyridine rings is 4. The Morgan fingerprint density at radius 3 is 1.43 bits per heavy atom. The normalized spacial score (nSPS) is 15.7. The van der Waals surface area contributed by atoms with Crippen molar-refractivity contribution < 1.29 is 4.42 Å². The number of nitrogens with zero attached hydrogens (tertiary/aromatic N) is 4. The van der Waals surface area contributed by atoms with Gasteiger partial charge in [0.1, 0.15) is 11.2 Å². The maximum atomic E-state index is 6.35. The standard InChI is InChI=1S/C49H32N4O/c1-29-7-5-6-10-37(29)43-24-18-34-14-13-33-17-23-42(52-48(33)49(34)53-43)36-20-26-45-39(28-36)38-27-35(19-25-44(38)54-45)41-22-16-32-12-11-31-15-21-40(30-8-3-2-4-9-30)50-46(31)47(32)51-41/h2-29,37H,1H3. The molecule has 254 valence electrons. The molecular formula is C49H32N4O. The number of aromatic nitrogens is 4. The molecule has 5 nitrogen and oxygen atoms in total. The Bertz CT molecular complexity index is 3200. The summed E-state index contributed by atoms with van der Waals surface area (Å²) in [5, 5.41) is 6.36. The minimum atomic E-state index is 0.243. The summed E-state index contributed by atoms with van der Waals surface area (Å²) in [7, 11) is 0. The summed E-state index contributed by atoms with van der Waals surface area (Å²) in [6.45, 7) is 2.24. The minimum absolute atomic E-state index is 0.243. The lowest BCUT2D eigenvalue weighted by Crippen LogP contribution is -2.09. The quantitative estimate of drug-likeness (QED) is 0.172.